The molecule has 2 nitrogen and oxygen atoms in total. The van der Waals surface area contributed by atoms with E-state index >= 15 is 0 Å². The predicted molar refractivity (Wildman–Crippen MR) is 48.0 cm³/mol. The summed E-state index contributed by atoms with van der Waals surface area (Å²) in [5.41, 5.74) is 0. The number of thiophene rings is 1. The van der Waals surface area contributed by atoms with Crippen LogP contribution in [0.4, 0.5) is 0 Å². The number of ether oxygens (including phenoxy) is 2. The Morgan fingerprint density at radius 2 is 2.36 bits per heavy atom. The van der Waals surface area contributed by atoms with Gasteiger partial charge in [-0.1, -0.05) is 15.9 Å². The van der Waals surface area contributed by atoms with Crippen molar-refractivity contribution in [2.75, 3.05) is 11.9 Å². The van der Waals surface area contributed by atoms with Crippen molar-refractivity contribution >= 4 is 27.3 Å². The van der Waals surface area contributed by atoms with Gasteiger partial charge in [-0.15, -0.1) is 11.3 Å². The van der Waals surface area contributed by atoms with Gasteiger partial charge in [0.2, 0.25) is 0 Å². The van der Waals surface area contributed by atoms with Gasteiger partial charge < -0.3 is 9.47 Å². The molecule has 0 radical (unpaired) electrons. The third kappa shape index (κ3) is 1.37. The maximum atomic E-state index is 5.56. The number of rotatable bonds is 1. The van der Waals surface area contributed by atoms with Crippen LogP contribution >= 0.6 is 27.3 Å². The SMILES string of the molecule is BrC[C@@H]1COc2cscc2O1. The molecule has 60 valence electrons. The van der Waals surface area contributed by atoms with Crippen molar-refractivity contribution in [2.45, 2.75) is 6.10 Å². The minimum Gasteiger partial charge on any atom is -0.485 e. The molecule has 1 aliphatic heterocycles. The zero-order valence-corrected chi connectivity index (χ0v) is 8.15. The Kier molecular flexibility index (Phi) is 2.05. The summed E-state index contributed by atoms with van der Waals surface area (Å²) in [5.74, 6) is 1.76. The van der Waals surface area contributed by atoms with E-state index < -0.39 is 0 Å². The van der Waals surface area contributed by atoms with Crippen LogP contribution in [0.25, 0.3) is 0 Å². The van der Waals surface area contributed by atoms with Gasteiger partial charge in [0, 0.05) is 16.1 Å². The highest BCUT2D eigenvalue weighted by Crippen LogP contribution is 2.35. The fraction of sp³-hybridized carbons (Fsp3) is 0.429. The van der Waals surface area contributed by atoms with E-state index in [9.17, 15) is 0 Å². The first-order valence-electron chi connectivity index (χ1n) is 3.32. The van der Waals surface area contributed by atoms with Crippen LogP contribution in [0, 0.1) is 0 Å². The molecule has 0 aliphatic carbocycles. The van der Waals surface area contributed by atoms with Gasteiger partial charge in [0.25, 0.3) is 0 Å². The summed E-state index contributed by atoms with van der Waals surface area (Å²) >= 11 is 4.95. The summed E-state index contributed by atoms with van der Waals surface area (Å²) < 4.78 is 11.0. The summed E-state index contributed by atoms with van der Waals surface area (Å²) in [5, 5.41) is 4.74. The molecule has 1 atom stereocenters. The van der Waals surface area contributed by atoms with Crippen LogP contribution in [0.3, 0.4) is 0 Å². The lowest BCUT2D eigenvalue weighted by molar-refractivity contribution is 0.110. The van der Waals surface area contributed by atoms with Gasteiger partial charge >= 0.3 is 0 Å². The van der Waals surface area contributed by atoms with E-state index in [-0.39, 0.29) is 6.10 Å². The van der Waals surface area contributed by atoms with Crippen molar-refractivity contribution in [1.29, 1.82) is 0 Å². The van der Waals surface area contributed by atoms with Gasteiger partial charge in [0.15, 0.2) is 11.5 Å². The first-order valence-corrected chi connectivity index (χ1v) is 5.38. The molecule has 0 amide bonds. The van der Waals surface area contributed by atoms with Crippen molar-refractivity contribution in [2.24, 2.45) is 0 Å². The number of alkyl halides is 1. The van der Waals surface area contributed by atoms with Crippen molar-refractivity contribution in [1.82, 2.24) is 0 Å². The summed E-state index contributed by atoms with van der Waals surface area (Å²) in [6.07, 6.45) is 0.164. The van der Waals surface area contributed by atoms with E-state index in [2.05, 4.69) is 15.9 Å². The highest BCUT2D eigenvalue weighted by molar-refractivity contribution is 9.09. The fourth-order valence-electron chi connectivity index (χ4n) is 0.937. The normalized spacial score (nSPS) is 21.7. The molecular formula is C7H7BrO2S. The molecule has 1 aromatic heterocycles. The summed E-state index contributed by atoms with van der Waals surface area (Å²) in [6.45, 7) is 0.648. The van der Waals surface area contributed by atoms with Gasteiger partial charge in [-0.25, -0.2) is 0 Å². The Labute approximate surface area is 77.3 Å². The minimum atomic E-state index is 0.164. The molecule has 0 saturated carbocycles. The first-order chi connectivity index (χ1) is 5.40. The molecule has 0 spiro atoms. The molecular weight excluding hydrogens is 228 g/mol. The lowest BCUT2D eigenvalue weighted by atomic mass is 10.4. The first kappa shape index (κ1) is 7.43. The quantitative estimate of drug-likeness (QED) is 0.695. The number of fused-ring (bicyclic) bond motifs is 1. The Hall–Kier alpha value is -0.220. The van der Waals surface area contributed by atoms with Gasteiger partial charge in [0.05, 0.1) is 0 Å². The Morgan fingerprint density at radius 1 is 1.55 bits per heavy atom. The Morgan fingerprint density at radius 3 is 3.18 bits per heavy atom. The zero-order chi connectivity index (χ0) is 7.68. The largest absolute Gasteiger partial charge is 0.485 e. The van der Waals surface area contributed by atoms with Crippen LogP contribution in [0.5, 0.6) is 11.5 Å². The van der Waals surface area contributed by atoms with Gasteiger partial charge in [0.1, 0.15) is 12.7 Å². The minimum absolute atomic E-state index is 0.164. The molecule has 11 heavy (non-hydrogen) atoms. The van der Waals surface area contributed by atoms with Crippen LogP contribution < -0.4 is 9.47 Å². The molecule has 0 N–H and O–H groups in total. The molecule has 2 rings (SSSR count). The van der Waals surface area contributed by atoms with Gasteiger partial charge in [-0.3, -0.25) is 0 Å². The maximum absolute atomic E-state index is 5.56. The smallest absolute Gasteiger partial charge is 0.172 e. The summed E-state index contributed by atoms with van der Waals surface area (Å²) in [7, 11) is 0. The molecule has 0 saturated heterocycles. The second kappa shape index (κ2) is 3.03. The summed E-state index contributed by atoms with van der Waals surface area (Å²) in [6, 6.07) is 0. The van der Waals surface area contributed by atoms with E-state index in [1.807, 2.05) is 10.8 Å². The molecule has 0 bridgehead atoms. The highest BCUT2D eigenvalue weighted by Gasteiger charge is 2.19. The van der Waals surface area contributed by atoms with Gasteiger partial charge in [-0.05, 0) is 0 Å². The molecule has 4 heteroatoms. The van der Waals surface area contributed by atoms with Crippen molar-refractivity contribution in [3.05, 3.63) is 10.8 Å². The van der Waals surface area contributed by atoms with E-state index in [1.54, 1.807) is 11.3 Å². The summed E-state index contributed by atoms with van der Waals surface area (Å²) in [4.78, 5) is 0. The van der Waals surface area contributed by atoms with Crippen LogP contribution in [-0.4, -0.2) is 18.0 Å². The topological polar surface area (TPSA) is 18.5 Å². The third-order valence-electron chi connectivity index (χ3n) is 1.48. The lowest BCUT2D eigenvalue weighted by Gasteiger charge is -2.22. The van der Waals surface area contributed by atoms with Crippen molar-refractivity contribution in [3.8, 4) is 11.5 Å². The Balaban J connectivity index is 2.18. The van der Waals surface area contributed by atoms with Crippen LogP contribution in [0.2, 0.25) is 0 Å². The second-order valence-electron chi connectivity index (χ2n) is 2.31. The van der Waals surface area contributed by atoms with Crippen molar-refractivity contribution in [3.63, 3.8) is 0 Å². The number of hydrogen-bond donors (Lipinski definition) is 0. The molecule has 0 aromatic carbocycles. The zero-order valence-electron chi connectivity index (χ0n) is 5.75. The molecule has 0 fully saturated rings. The number of hydrogen-bond acceptors (Lipinski definition) is 3. The predicted octanol–water partition coefficient (Wildman–Crippen LogP) is 2.28. The third-order valence-corrected chi connectivity index (χ3v) is 2.91. The second-order valence-corrected chi connectivity index (χ2v) is 3.70. The highest BCUT2D eigenvalue weighted by atomic mass is 79.9. The molecule has 0 unspecified atom stereocenters. The van der Waals surface area contributed by atoms with Crippen LogP contribution in [-0.2, 0) is 0 Å². The average molecular weight is 235 g/mol. The van der Waals surface area contributed by atoms with Crippen LogP contribution in [0.1, 0.15) is 0 Å². The molecule has 1 aliphatic rings. The Bertz CT molecular complexity index is 248. The average Bonchev–Trinajstić information content (AvgIpc) is 2.50. The molecule has 1 aromatic rings. The standard InChI is InChI=1S/C7H7BrO2S/c8-1-5-2-9-6-3-11-4-7(6)10-5/h3-5H,1-2H2/t5-/m1/s1. The maximum Gasteiger partial charge on any atom is 0.172 e. The fourth-order valence-corrected chi connectivity index (χ4v) is 1.93. The van der Waals surface area contributed by atoms with Crippen molar-refractivity contribution < 1.29 is 9.47 Å². The van der Waals surface area contributed by atoms with E-state index in [0.717, 1.165) is 16.8 Å². The number of halogens is 1. The molecule has 2 heterocycles. The lowest BCUT2D eigenvalue weighted by Crippen LogP contribution is -2.29. The monoisotopic (exact) mass is 234 g/mol. The van der Waals surface area contributed by atoms with Crippen LogP contribution in [0.15, 0.2) is 10.8 Å². The van der Waals surface area contributed by atoms with Gasteiger partial charge in [-0.2, -0.15) is 0 Å². The van der Waals surface area contributed by atoms with E-state index in [0.29, 0.717) is 6.61 Å². The van der Waals surface area contributed by atoms with E-state index in [4.69, 9.17) is 9.47 Å². The van der Waals surface area contributed by atoms with E-state index in [1.165, 1.54) is 0 Å².